The van der Waals surface area contributed by atoms with Gasteiger partial charge < -0.3 is 14.7 Å². The number of aromatic nitrogens is 3. The molecule has 8 rings (SSSR count). The molecule has 2 aromatic rings. The fraction of sp³-hybridized carbons (Fsp3) is 0.607. The highest BCUT2D eigenvalue weighted by atomic mass is 16.2. The molecule has 36 heavy (non-hydrogen) atoms. The van der Waals surface area contributed by atoms with Crippen LogP contribution in [0.25, 0.3) is 0 Å². The van der Waals surface area contributed by atoms with Crippen LogP contribution in [0.1, 0.15) is 69.9 Å². The summed E-state index contributed by atoms with van der Waals surface area (Å²) in [6.07, 6.45) is 11.3. The van der Waals surface area contributed by atoms with E-state index in [9.17, 15) is 10.1 Å². The number of fused-ring (bicyclic) bond motifs is 3. The highest BCUT2D eigenvalue weighted by Gasteiger charge is 2.57. The first-order valence-corrected chi connectivity index (χ1v) is 13.5. The largest absolute Gasteiger partial charge is 0.350 e. The van der Waals surface area contributed by atoms with Gasteiger partial charge in [-0.1, -0.05) is 6.42 Å². The van der Waals surface area contributed by atoms with E-state index in [1.807, 2.05) is 6.07 Å². The Morgan fingerprint density at radius 1 is 1.08 bits per heavy atom. The van der Waals surface area contributed by atoms with Gasteiger partial charge >= 0.3 is 0 Å². The van der Waals surface area contributed by atoms with Gasteiger partial charge in [0.05, 0.1) is 11.6 Å². The molecular formula is C28H33N7O. The lowest BCUT2D eigenvalue weighted by atomic mass is 9.66. The van der Waals surface area contributed by atoms with Gasteiger partial charge in [-0.3, -0.25) is 4.79 Å². The van der Waals surface area contributed by atoms with Gasteiger partial charge in [-0.05, 0) is 70.4 Å². The first kappa shape index (κ1) is 22.0. The van der Waals surface area contributed by atoms with E-state index in [2.05, 4.69) is 39.6 Å². The van der Waals surface area contributed by atoms with Crippen molar-refractivity contribution in [3.63, 3.8) is 0 Å². The molecule has 5 fully saturated rings. The van der Waals surface area contributed by atoms with Gasteiger partial charge in [0.1, 0.15) is 23.8 Å². The Kier molecular flexibility index (Phi) is 4.68. The molecule has 2 bridgehead atoms. The van der Waals surface area contributed by atoms with Crippen molar-refractivity contribution >= 4 is 23.4 Å². The van der Waals surface area contributed by atoms with Crippen LogP contribution in [0.3, 0.4) is 0 Å². The fourth-order valence-corrected chi connectivity index (χ4v) is 7.78. The Morgan fingerprint density at radius 2 is 1.89 bits per heavy atom. The Bertz CT molecular complexity index is 1270. The quantitative estimate of drug-likeness (QED) is 0.653. The zero-order chi connectivity index (χ0) is 24.7. The predicted octanol–water partition coefficient (Wildman–Crippen LogP) is 3.93. The van der Waals surface area contributed by atoms with E-state index in [0.29, 0.717) is 11.5 Å². The number of amides is 1. The Balaban J connectivity index is 1.22. The lowest BCUT2D eigenvalue weighted by Gasteiger charge is -2.50. The molecule has 1 spiro atoms. The van der Waals surface area contributed by atoms with Gasteiger partial charge in [0.25, 0.3) is 0 Å². The van der Waals surface area contributed by atoms with E-state index < -0.39 is 0 Å². The molecule has 1 amide bonds. The first-order valence-electron chi connectivity index (χ1n) is 13.5. The fourth-order valence-electron chi connectivity index (χ4n) is 7.78. The normalized spacial score (nSPS) is 31.6. The number of carbonyl (C=O) groups excluding carboxylic acids is 1. The van der Waals surface area contributed by atoms with Crippen LogP contribution in [0.2, 0.25) is 0 Å². The third-order valence-corrected chi connectivity index (χ3v) is 9.88. The van der Waals surface area contributed by atoms with Crippen LogP contribution < -0.4 is 9.80 Å². The Labute approximate surface area is 212 Å². The number of hydrogen-bond acceptors (Lipinski definition) is 7. The maximum atomic E-state index is 13.6. The second kappa shape index (κ2) is 7.64. The summed E-state index contributed by atoms with van der Waals surface area (Å²) in [7, 11) is 0. The number of nitriles is 1. The molecule has 186 valence electrons. The maximum absolute atomic E-state index is 13.6. The lowest BCUT2D eigenvalue weighted by molar-refractivity contribution is -0.149. The van der Waals surface area contributed by atoms with Crippen LogP contribution in [0.5, 0.6) is 0 Å². The number of anilines is 3. The zero-order valence-electron chi connectivity index (χ0n) is 21.2. The second-order valence-corrected chi connectivity index (χ2v) is 12.0. The molecule has 2 aliphatic heterocycles. The third-order valence-electron chi connectivity index (χ3n) is 9.88. The molecule has 4 saturated carbocycles. The van der Waals surface area contributed by atoms with Gasteiger partial charge in [0.2, 0.25) is 5.91 Å². The molecule has 0 aromatic carbocycles. The van der Waals surface area contributed by atoms with Crippen LogP contribution >= 0.6 is 0 Å². The number of nitrogens with zero attached hydrogens (tertiary/aromatic N) is 7. The van der Waals surface area contributed by atoms with Gasteiger partial charge in [-0.25, -0.2) is 15.0 Å². The zero-order valence-corrected chi connectivity index (χ0v) is 21.2. The third kappa shape index (κ3) is 2.98. The van der Waals surface area contributed by atoms with E-state index in [0.717, 1.165) is 75.1 Å². The standard InChI is InChI=1S/C28H33N7O/c1-18-15-34(26(36)28-8-4-21(11-28)12-28)19(2)14-33(18)24-23-25(32-17-31-24)35(16-27(23)6-3-7-27)22-10-20(13-29)5-9-30-22/h5,9-10,17-19,21H,3-4,6-8,11-12,14-16H2,1-2H3. The summed E-state index contributed by atoms with van der Waals surface area (Å²) in [4.78, 5) is 34.6. The number of hydrogen-bond donors (Lipinski definition) is 0. The van der Waals surface area contributed by atoms with Crippen molar-refractivity contribution in [2.75, 3.05) is 29.4 Å². The average molecular weight is 484 g/mol. The molecule has 8 heteroatoms. The summed E-state index contributed by atoms with van der Waals surface area (Å²) in [5.41, 5.74) is 1.80. The molecule has 1 saturated heterocycles. The summed E-state index contributed by atoms with van der Waals surface area (Å²) in [6, 6.07) is 6.16. The van der Waals surface area contributed by atoms with Crippen molar-refractivity contribution in [2.24, 2.45) is 11.3 Å². The van der Waals surface area contributed by atoms with E-state index in [1.54, 1.807) is 18.6 Å². The van der Waals surface area contributed by atoms with Crippen molar-refractivity contribution in [1.82, 2.24) is 19.9 Å². The second-order valence-electron chi connectivity index (χ2n) is 12.0. The van der Waals surface area contributed by atoms with E-state index in [1.165, 1.54) is 18.4 Å². The number of pyridine rings is 1. The van der Waals surface area contributed by atoms with Gasteiger partial charge in [-0.15, -0.1) is 0 Å². The van der Waals surface area contributed by atoms with E-state index >= 15 is 0 Å². The highest BCUT2D eigenvalue weighted by molar-refractivity contribution is 5.85. The molecule has 8 nitrogen and oxygen atoms in total. The minimum Gasteiger partial charge on any atom is -0.350 e. The van der Waals surface area contributed by atoms with E-state index in [4.69, 9.17) is 9.97 Å². The smallest absolute Gasteiger partial charge is 0.229 e. The molecular weight excluding hydrogens is 450 g/mol. The molecule has 4 heterocycles. The van der Waals surface area contributed by atoms with Crippen molar-refractivity contribution < 1.29 is 4.79 Å². The molecule has 2 atom stereocenters. The van der Waals surface area contributed by atoms with Crippen molar-refractivity contribution in [3.8, 4) is 6.07 Å². The molecule has 6 aliphatic rings. The summed E-state index contributed by atoms with van der Waals surface area (Å²) in [6.45, 7) is 6.78. The van der Waals surface area contributed by atoms with E-state index in [-0.39, 0.29) is 22.9 Å². The predicted molar refractivity (Wildman–Crippen MR) is 136 cm³/mol. The summed E-state index contributed by atoms with van der Waals surface area (Å²) in [5, 5.41) is 9.42. The molecule has 2 unspecified atom stereocenters. The minimum atomic E-state index is -0.0571. The summed E-state index contributed by atoms with van der Waals surface area (Å²) >= 11 is 0. The summed E-state index contributed by atoms with van der Waals surface area (Å²) < 4.78 is 0. The average Bonchev–Trinajstić information content (AvgIpc) is 3.56. The Morgan fingerprint density at radius 3 is 2.58 bits per heavy atom. The van der Waals surface area contributed by atoms with Crippen LogP contribution in [0.15, 0.2) is 24.7 Å². The molecule has 0 N–H and O–H groups in total. The van der Waals surface area contributed by atoms with Gasteiger partial charge in [-0.2, -0.15) is 5.26 Å². The topological polar surface area (TPSA) is 89.2 Å². The first-order chi connectivity index (χ1) is 17.4. The van der Waals surface area contributed by atoms with Crippen molar-refractivity contribution in [2.45, 2.75) is 76.3 Å². The lowest BCUT2D eigenvalue weighted by Crippen LogP contribution is -2.62. The van der Waals surface area contributed by atoms with Crippen LogP contribution in [-0.2, 0) is 10.2 Å². The molecule has 0 radical (unpaired) electrons. The minimum absolute atomic E-state index is 0.0237. The van der Waals surface area contributed by atoms with Crippen molar-refractivity contribution in [3.05, 3.63) is 35.8 Å². The molecule has 4 aliphatic carbocycles. The number of rotatable bonds is 3. The Hall–Kier alpha value is -3.21. The van der Waals surface area contributed by atoms with Crippen LogP contribution in [0, 0.1) is 22.7 Å². The van der Waals surface area contributed by atoms with Crippen LogP contribution in [-0.4, -0.2) is 57.5 Å². The molecule has 2 aromatic heterocycles. The SMILES string of the molecule is CC1CN(c2ncnc3c2C2(CCC2)CN3c2cc(C#N)ccn2)C(C)CN1C(=O)C12CCC(C1)C2. The number of piperazine rings is 1. The monoisotopic (exact) mass is 483 g/mol. The van der Waals surface area contributed by atoms with Crippen molar-refractivity contribution in [1.29, 1.82) is 5.26 Å². The van der Waals surface area contributed by atoms with Gasteiger partial charge in [0, 0.05) is 54.3 Å². The highest BCUT2D eigenvalue weighted by Crippen LogP contribution is 2.60. The van der Waals surface area contributed by atoms with Gasteiger partial charge in [0.15, 0.2) is 0 Å². The number of carbonyl (C=O) groups is 1. The van der Waals surface area contributed by atoms with Crippen LogP contribution in [0.4, 0.5) is 17.5 Å². The summed E-state index contributed by atoms with van der Waals surface area (Å²) in [5.74, 6) is 3.90. The maximum Gasteiger partial charge on any atom is 0.229 e.